The molecule has 124 valence electrons. The van der Waals surface area contributed by atoms with Crippen LogP contribution in [0, 0.1) is 46.0 Å². The molecule has 2 rings (SSSR count). The van der Waals surface area contributed by atoms with Crippen LogP contribution in [0.2, 0.25) is 0 Å². The van der Waals surface area contributed by atoms with Crippen molar-refractivity contribution in [3.05, 3.63) is 57.4 Å². The SMILES string of the molecule is CC[N-]c1ccccc1C1C(C)C(C)C(C)C1C.[CH3-].[CH3-].[CH3-].[Ti+4]. The Balaban J connectivity index is -0.000000902. The van der Waals surface area contributed by atoms with Gasteiger partial charge in [0.25, 0.3) is 0 Å². The van der Waals surface area contributed by atoms with Gasteiger partial charge in [-0.2, -0.15) is 0 Å². The number of rotatable bonds is 3. The Bertz CT molecular complexity index is 390. The minimum Gasteiger partial charge on any atom is -0.684 e. The average molecular weight is 337 g/mol. The molecular weight excluding hydrogens is 302 g/mol. The smallest absolute Gasteiger partial charge is 0.684 e. The van der Waals surface area contributed by atoms with E-state index < -0.39 is 0 Å². The van der Waals surface area contributed by atoms with Crippen molar-refractivity contribution in [1.82, 2.24) is 0 Å². The van der Waals surface area contributed by atoms with Crippen molar-refractivity contribution in [2.75, 3.05) is 6.54 Å². The van der Waals surface area contributed by atoms with E-state index in [4.69, 9.17) is 0 Å². The molecule has 0 N–H and O–H groups in total. The topological polar surface area (TPSA) is 14.1 Å². The number of para-hydroxylation sites is 1. The third kappa shape index (κ3) is 4.86. The molecule has 22 heavy (non-hydrogen) atoms. The molecule has 0 aromatic heterocycles. The van der Waals surface area contributed by atoms with Crippen LogP contribution in [-0.2, 0) is 21.7 Å². The largest absolute Gasteiger partial charge is 4.00 e. The van der Waals surface area contributed by atoms with E-state index in [0.29, 0.717) is 5.92 Å². The average Bonchev–Trinajstić information content (AvgIpc) is 2.56. The van der Waals surface area contributed by atoms with Gasteiger partial charge in [-0.25, -0.2) is 0 Å². The molecule has 0 radical (unpaired) electrons. The first kappa shape index (κ1) is 26.6. The molecule has 0 bridgehead atoms. The van der Waals surface area contributed by atoms with Crippen molar-refractivity contribution in [2.24, 2.45) is 23.7 Å². The van der Waals surface area contributed by atoms with E-state index in [2.05, 4.69) is 64.2 Å². The van der Waals surface area contributed by atoms with Crippen LogP contribution in [0.5, 0.6) is 0 Å². The van der Waals surface area contributed by atoms with Crippen LogP contribution in [0.15, 0.2) is 24.3 Å². The second-order valence-corrected chi connectivity index (χ2v) is 6.00. The monoisotopic (exact) mass is 337 g/mol. The quantitative estimate of drug-likeness (QED) is 0.430. The van der Waals surface area contributed by atoms with E-state index >= 15 is 0 Å². The van der Waals surface area contributed by atoms with Gasteiger partial charge in [-0.3, -0.25) is 0 Å². The van der Waals surface area contributed by atoms with E-state index in [1.54, 1.807) is 0 Å². The molecule has 1 aliphatic carbocycles. The predicted octanol–water partition coefficient (Wildman–Crippen LogP) is 6.70. The molecule has 4 atom stereocenters. The van der Waals surface area contributed by atoms with Crippen molar-refractivity contribution >= 4 is 5.69 Å². The number of benzene rings is 1. The second kappa shape index (κ2) is 11.3. The zero-order valence-corrected chi connectivity index (χ0v) is 17.4. The molecule has 2 heteroatoms. The molecule has 0 heterocycles. The summed E-state index contributed by atoms with van der Waals surface area (Å²) in [4.78, 5) is 0. The van der Waals surface area contributed by atoms with E-state index in [9.17, 15) is 0 Å². The van der Waals surface area contributed by atoms with Crippen LogP contribution in [0.1, 0.15) is 46.1 Å². The Labute approximate surface area is 155 Å². The molecule has 1 nitrogen and oxygen atoms in total. The molecule has 4 unspecified atom stereocenters. The van der Waals surface area contributed by atoms with E-state index in [-0.39, 0.29) is 44.0 Å². The van der Waals surface area contributed by atoms with Crippen molar-refractivity contribution < 1.29 is 21.7 Å². The van der Waals surface area contributed by atoms with Gasteiger partial charge in [0.1, 0.15) is 0 Å². The van der Waals surface area contributed by atoms with Gasteiger partial charge < -0.3 is 27.6 Å². The van der Waals surface area contributed by atoms with Gasteiger partial charge >= 0.3 is 21.7 Å². The summed E-state index contributed by atoms with van der Waals surface area (Å²) in [5, 5.41) is 4.67. The molecule has 0 saturated heterocycles. The molecule has 1 aliphatic rings. The normalized spacial score (nSPS) is 29.2. The summed E-state index contributed by atoms with van der Waals surface area (Å²) in [5.41, 5.74) is 2.68. The van der Waals surface area contributed by atoms with Gasteiger partial charge in [-0.05, 0) is 29.6 Å². The standard InChI is InChI=1S/C17H26N.3CH3.Ti/c1-6-18-16-10-8-7-9-15(16)17-13(4)11(2)12(3)14(17)5;;;;/h7-14,17H,6H2,1-5H3;3*1H3;/q4*-1;+4. The van der Waals surface area contributed by atoms with Crippen molar-refractivity contribution in [2.45, 2.75) is 40.5 Å². The maximum atomic E-state index is 4.67. The molecular formula is C20H35NTi. The van der Waals surface area contributed by atoms with Crippen LogP contribution in [0.25, 0.3) is 5.32 Å². The van der Waals surface area contributed by atoms with Gasteiger partial charge in [-0.1, -0.05) is 64.4 Å². The van der Waals surface area contributed by atoms with E-state index in [1.807, 2.05) is 0 Å². The molecule has 0 spiro atoms. The van der Waals surface area contributed by atoms with Gasteiger partial charge in [-0.15, -0.1) is 12.2 Å². The first-order valence-electron chi connectivity index (χ1n) is 7.34. The Kier molecular flexibility index (Phi) is 13.7. The second-order valence-electron chi connectivity index (χ2n) is 6.00. The van der Waals surface area contributed by atoms with Crippen molar-refractivity contribution in [3.8, 4) is 0 Å². The van der Waals surface area contributed by atoms with Crippen LogP contribution >= 0.6 is 0 Å². The van der Waals surface area contributed by atoms with Gasteiger partial charge in [0.05, 0.1) is 0 Å². The Morgan fingerprint density at radius 3 is 1.73 bits per heavy atom. The Morgan fingerprint density at radius 1 is 0.818 bits per heavy atom. The van der Waals surface area contributed by atoms with Crippen molar-refractivity contribution in [1.29, 1.82) is 0 Å². The Morgan fingerprint density at radius 2 is 1.27 bits per heavy atom. The molecule has 0 aliphatic heterocycles. The summed E-state index contributed by atoms with van der Waals surface area (Å²) in [6.07, 6.45) is 0. The van der Waals surface area contributed by atoms with Gasteiger partial charge in [0, 0.05) is 0 Å². The first-order valence-corrected chi connectivity index (χ1v) is 7.34. The summed E-state index contributed by atoms with van der Waals surface area (Å²) in [7, 11) is 0. The molecule has 1 aromatic rings. The maximum absolute atomic E-state index is 4.67. The minimum atomic E-state index is 0. The van der Waals surface area contributed by atoms with Crippen LogP contribution in [0.4, 0.5) is 5.69 Å². The molecule has 1 fully saturated rings. The third-order valence-electron chi connectivity index (χ3n) is 5.25. The van der Waals surface area contributed by atoms with Crippen LogP contribution < -0.4 is 0 Å². The fourth-order valence-electron chi connectivity index (χ4n) is 3.74. The van der Waals surface area contributed by atoms with Crippen molar-refractivity contribution in [3.63, 3.8) is 0 Å². The summed E-state index contributed by atoms with van der Waals surface area (Å²) in [6, 6.07) is 8.73. The molecule has 1 aromatic carbocycles. The summed E-state index contributed by atoms with van der Waals surface area (Å²) in [6.45, 7) is 12.6. The zero-order chi connectivity index (χ0) is 13.3. The fourth-order valence-corrected chi connectivity index (χ4v) is 3.74. The molecule has 1 saturated carbocycles. The fraction of sp³-hybridized carbons (Fsp3) is 0.550. The number of nitrogens with zero attached hydrogens (tertiary/aromatic N) is 1. The number of hydrogen-bond donors (Lipinski definition) is 0. The Hall–Kier alpha value is -0.266. The number of hydrogen-bond acceptors (Lipinski definition) is 0. The third-order valence-corrected chi connectivity index (χ3v) is 5.25. The molecule has 0 amide bonds. The first-order chi connectivity index (χ1) is 8.57. The van der Waals surface area contributed by atoms with E-state index in [0.717, 1.165) is 30.2 Å². The zero-order valence-electron chi connectivity index (χ0n) is 15.9. The summed E-state index contributed by atoms with van der Waals surface area (Å²) < 4.78 is 0. The predicted molar refractivity (Wildman–Crippen MR) is 98.6 cm³/mol. The minimum absolute atomic E-state index is 0. The van der Waals surface area contributed by atoms with Gasteiger partial charge in [0.2, 0.25) is 0 Å². The summed E-state index contributed by atoms with van der Waals surface area (Å²) in [5.74, 6) is 3.78. The van der Waals surface area contributed by atoms with Crippen LogP contribution in [0.3, 0.4) is 0 Å². The summed E-state index contributed by atoms with van der Waals surface area (Å²) >= 11 is 0. The van der Waals surface area contributed by atoms with E-state index in [1.165, 1.54) is 11.3 Å². The van der Waals surface area contributed by atoms with Crippen LogP contribution in [-0.4, -0.2) is 6.54 Å². The van der Waals surface area contributed by atoms with Gasteiger partial charge in [0.15, 0.2) is 0 Å². The maximum Gasteiger partial charge on any atom is 4.00 e.